The highest BCUT2D eigenvalue weighted by molar-refractivity contribution is 5.89. The molecule has 22 heavy (non-hydrogen) atoms. The summed E-state index contributed by atoms with van der Waals surface area (Å²) in [5, 5.41) is 2.34. The van der Waals surface area contributed by atoms with Gasteiger partial charge in [-0.25, -0.2) is 5.01 Å². The van der Waals surface area contributed by atoms with Crippen LogP contribution in [-0.2, 0) is 4.79 Å². The molecule has 0 aliphatic carbocycles. The molecule has 1 heterocycles. The van der Waals surface area contributed by atoms with Crippen LogP contribution in [-0.4, -0.2) is 23.6 Å². The Morgan fingerprint density at radius 1 is 1.14 bits per heavy atom. The summed E-state index contributed by atoms with van der Waals surface area (Å²) in [6.07, 6.45) is -4.40. The minimum absolute atomic E-state index is 0.0468. The molecule has 1 N–H and O–H groups in total. The van der Waals surface area contributed by atoms with Gasteiger partial charge in [0.05, 0.1) is 0 Å². The maximum atomic E-state index is 13.6. The first-order chi connectivity index (χ1) is 10.4. The third kappa shape index (κ3) is 2.54. The molecule has 6 heteroatoms. The third-order valence-electron chi connectivity index (χ3n) is 3.94. The molecule has 0 aromatic heterocycles. The van der Waals surface area contributed by atoms with Crippen molar-refractivity contribution in [1.29, 1.82) is 0 Å². The summed E-state index contributed by atoms with van der Waals surface area (Å²) in [5.74, 6) is -0.384. The first-order valence-corrected chi connectivity index (χ1v) is 6.99. The molecule has 1 saturated heterocycles. The summed E-state index contributed by atoms with van der Waals surface area (Å²) in [6, 6.07) is 8.37. The molecule has 0 unspecified atom stereocenters. The number of halogens is 3. The van der Waals surface area contributed by atoms with Crippen LogP contribution in [0.2, 0.25) is 0 Å². The Balaban J connectivity index is 2.17. The molecule has 0 spiro atoms. The number of rotatable bonds is 2. The van der Waals surface area contributed by atoms with Gasteiger partial charge in [0.2, 0.25) is 5.91 Å². The maximum absolute atomic E-state index is 13.6. The number of benzene rings is 2. The molecule has 2 aromatic rings. The van der Waals surface area contributed by atoms with Crippen molar-refractivity contribution in [3.05, 3.63) is 47.5 Å². The SMILES string of the molecule is Cc1ccc([C@H](N2CCC(=O)N2)C(F)(F)F)c2ccccc12. The highest BCUT2D eigenvalue weighted by Gasteiger charge is 2.47. The molecule has 116 valence electrons. The second-order valence-corrected chi connectivity index (χ2v) is 5.44. The van der Waals surface area contributed by atoms with Gasteiger partial charge in [-0.2, -0.15) is 13.2 Å². The number of alkyl halides is 3. The number of aryl methyl sites for hydroxylation is 1. The number of nitrogens with one attached hydrogen (secondary N) is 1. The largest absolute Gasteiger partial charge is 0.409 e. The van der Waals surface area contributed by atoms with Crippen LogP contribution in [0.4, 0.5) is 13.2 Å². The molecule has 0 saturated carbocycles. The molecular weight excluding hydrogens is 293 g/mol. The average molecular weight is 308 g/mol. The Hall–Kier alpha value is -2.08. The Morgan fingerprint density at radius 3 is 2.41 bits per heavy atom. The van der Waals surface area contributed by atoms with Crippen molar-refractivity contribution in [2.75, 3.05) is 6.54 Å². The van der Waals surface area contributed by atoms with Gasteiger partial charge in [0.1, 0.15) is 0 Å². The van der Waals surface area contributed by atoms with E-state index in [1.807, 2.05) is 13.0 Å². The zero-order chi connectivity index (χ0) is 15.9. The summed E-state index contributed by atoms with van der Waals surface area (Å²) in [5.41, 5.74) is 3.40. The molecule has 1 fully saturated rings. The van der Waals surface area contributed by atoms with E-state index in [9.17, 15) is 18.0 Å². The van der Waals surface area contributed by atoms with E-state index in [0.717, 1.165) is 16.0 Å². The van der Waals surface area contributed by atoms with E-state index < -0.39 is 12.2 Å². The van der Waals surface area contributed by atoms with Crippen molar-refractivity contribution in [3.8, 4) is 0 Å². The van der Waals surface area contributed by atoms with Crippen molar-refractivity contribution in [2.45, 2.75) is 25.6 Å². The number of carbonyl (C=O) groups excluding carboxylic acids is 1. The highest BCUT2D eigenvalue weighted by atomic mass is 19.4. The predicted molar refractivity (Wildman–Crippen MR) is 76.9 cm³/mol. The van der Waals surface area contributed by atoms with Crippen LogP contribution in [0.5, 0.6) is 0 Å². The fourth-order valence-corrected chi connectivity index (χ4v) is 2.92. The van der Waals surface area contributed by atoms with Gasteiger partial charge in [0, 0.05) is 13.0 Å². The van der Waals surface area contributed by atoms with Gasteiger partial charge in [0.15, 0.2) is 6.04 Å². The van der Waals surface area contributed by atoms with Crippen LogP contribution in [0, 0.1) is 6.92 Å². The normalized spacial score (nSPS) is 17.7. The predicted octanol–water partition coefficient (Wildman–Crippen LogP) is 3.49. The van der Waals surface area contributed by atoms with Crippen molar-refractivity contribution in [1.82, 2.24) is 10.4 Å². The lowest BCUT2D eigenvalue weighted by Crippen LogP contribution is -2.43. The van der Waals surface area contributed by atoms with Gasteiger partial charge in [-0.3, -0.25) is 10.2 Å². The van der Waals surface area contributed by atoms with Crippen LogP contribution in [0.1, 0.15) is 23.6 Å². The Morgan fingerprint density at radius 2 is 1.82 bits per heavy atom. The van der Waals surface area contributed by atoms with Crippen LogP contribution >= 0.6 is 0 Å². The summed E-state index contributed by atoms with van der Waals surface area (Å²) >= 11 is 0. The molecule has 1 aliphatic heterocycles. The second kappa shape index (κ2) is 5.28. The molecule has 1 atom stereocenters. The smallest absolute Gasteiger partial charge is 0.288 e. The number of amides is 1. The first kappa shape index (κ1) is 14.8. The number of carbonyl (C=O) groups is 1. The monoisotopic (exact) mass is 308 g/mol. The number of fused-ring (bicyclic) bond motifs is 1. The van der Waals surface area contributed by atoms with E-state index in [-0.39, 0.29) is 24.4 Å². The standard InChI is InChI=1S/C16H15F3N2O/c1-10-6-7-13(12-5-3-2-4-11(10)12)15(16(17,18)19)21-9-8-14(22)20-21/h2-7,15H,8-9H2,1H3,(H,20,22)/t15-/m0/s1. The second-order valence-electron chi connectivity index (χ2n) is 5.44. The van der Waals surface area contributed by atoms with E-state index in [4.69, 9.17) is 0 Å². The summed E-state index contributed by atoms with van der Waals surface area (Å²) in [7, 11) is 0. The Kier molecular flexibility index (Phi) is 3.56. The Labute approximate surface area is 125 Å². The van der Waals surface area contributed by atoms with Crippen molar-refractivity contribution >= 4 is 16.7 Å². The van der Waals surface area contributed by atoms with Gasteiger partial charge >= 0.3 is 6.18 Å². The number of nitrogens with zero attached hydrogens (tertiary/aromatic N) is 1. The number of hydrazine groups is 1. The molecule has 0 bridgehead atoms. The molecule has 3 nitrogen and oxygen atoms in total. The molecular formula is C16H15F3N2O. The van der Waals surface area contributed by atoms with E-state index in [1.165, 1.54) is 6.07 Å². The van der Waals surface area contributed by atoms with Crippen molar-refractivity contribution in [3.63, 3.8) is 0 Å². The number of hydrogen-bond acceptors (Lipinski definition) is 2. The zero-order valence-electron chi connectivity index (χ0n) is 11.9. The average Bonchev–Trinajstić information content (AvgIpc) is 2.87. The van der Waals surface area contributed by atoms with Crippen molar-refractivity contribution < 1.29 is 18.0 Å². The minimum atomic E-state index is -4.48. The molecule has 1 aliphatic rings. The van der Waals surface area contributed by atoms with E-state index in [2.05, 4.69) is 5.43 Å². The lowest BCUT2D eigenvalue weighted by molar-refractivity contribution is -0.190. The van der Waals surface area contributed by atoms with Gasteiger partial charge in [0.25, 0.3) is 0 Å². The summed E-state index contributed by atoms with van der Waals surface area (Å²) in [6.45, 7) is 1.91. The van der Waals surface area contributed by atoms with Crippen molar-refractivity contribution in [2.24, 2.45) is 0 Å². The molecule has 3 rings (SSSR count). The van der Waals surface area contributed by atoms with Gasteiger partial charge in [-0.1, -0.05) is 36.4 Å². The maximum Gasteiger partial charge on any atom is 0.409 e. The summed E-state index contributed by atoms with van der Waals surface area (Å²) < 4.78 is 40.9. The lowest BCUT2D eigenvalue weighted by Gasteiger charge is -2.30. The van der Waals surface area contributed by atoms with Crippen LogP contribution in [0.15, 0.2) is 36.4 Å². The fourth-order valence-electron chi connectivity index (χ4n) is 2.92. The van der Waals surface area contributed by atoms with Crippen LogP contribution in [0.25, 0.3) is 10.8 Å². The van der Waals surface area contributed by atoms with Gasteiger partial charge in [-0.15, -0.1) is 0 Å². The number of hydrogen-bond donors (Lipinski definition) is 1. The molecule has 2 aromatic carbocycles. The minimum Gasteiger partial charge on any atom is -0.288 e. The quantitative estimate of drug-likeness (QED) is 0.921. The van der Waals surface area contributed by atoms with Gasteiger partial charge in [-0.05, 0) is 28.8 Å². The fraction of sp³-hybridized carbons (Fsp3) is 0.312. The lowest BCUT2D eigenvalue weighted by atomic mass is 9.95. The van der Waals surface area contributed by atoms with Crippen LogP contribution < -0.4 is 5.43 Å². The summed E-state index contributed by atoms with van der Waals surface area (Å²) in [4.78, 5) is 11.3. The van der Waals surface area contributed by atoms with E-state index in [1.54, 1.807) is 24.3 Å². The van der Waals surface area contributed by atoms with E-state index in [0.29, 0.717) is 5.39 Å². The zero-order valence-corrected chi connectivity index (χ0v) is 11.9. The van der Waals surface area contributed by atoms with Crippen LogP contribution in [0.3, 0.4) is 0 Å². The van der Waals surface area contributed by atoms with Gasteiger partial charge < -0.3 is 0 Å². The third-order valence-corrected chi connectivity index (χ3v) is 3.94. The Bertz CT molecular complexity index is 727. The molecule has 0 radical (unpaired) electrons. The molecule has 1 amide bonds. The topological polar surface area (TPSA) is 32.3 Å². The first-order valence-electron chi connectivity index (χ1n) is 6.99. The van der Waals surface area contributed by atoms with E-state index >= 15 is 0 Å². The highest BCUT2D eigenvalue weighted by Crippen LogP contribution is 2.41.